The number of amides is 1. The van der Waals surface area contributed by atoms with Crippen LogP contribution in [0.3, 0.4) is 0 Å². The number of ether oxygens (including phenoxy) is 1. The first-order chi connectivity index (χ1) is 13.2. The Morgan fingerprint density at radius 1 is 1.37 bits per heavy atom. The molecule has 1 amide bonds. The predicted molar refractivity (Wildman–Crippen MR) is 96.5 cm³/mol. The van der Waals surface area contributed by atoms with E-state index in [4.69, 9.17) is 13.8 Å². The van der Waals surface area contributed by atoms with Crippen molar-refractivity contribution < 1.29 is 18.6 Å². The number of carbonyl (C=O) groups excluding carboxylic acids is 1. The fourth-order valence-electron chi connectivity index (χ4n) is 2.96. The molecule has 0 bridgehead atoms. The van der Waals surface area contributed by atoms with Gasteiger partial charge in [0.2, 0.25) is 0 Å². The second kappa shape index (κ2) is 8.01. The van der Waals surface area contributed by atoms with Crippen molar-refractivity contribution in [3.63, 3.8) is 0 Å². The van der Waals surface area contributed by atoms with Crippen LogP contribution >= 0.6 is 11.3 Å². The fraction of sp³-hybridized carbons (Fsp3) is 0.444. The molecule has 1 atom stereocenters. The SMILES string of the molecule is CCCc1cc(C(=O)N2CCO[C@H](c3nc(Cc4cccs4)no3)C2)no1. The molecule has 1 aliphatic heterocycles. The van der Waals surface area contributed by atoms with Crippen molar-refractivity contribution in [2.75, 3.05) is 19.7 Å². The molecular formula is C18H20N4O4S. The lowest BCUT2D eigenvalue weighted by molar-refractivity contribution is -0.0369. The Kier molecular flexibility index (Phi) is 5.30. The first-order valence-electron chi connectivity index (χ1n) is 8.94. The maximum absolute atomic E-state index is 12.7. The van der Waals surface area contributed by atoms with Gasteiger partial charge in [0.25, 0.3) is 11.8 Å². The third-order valence-corrected chi connectivity index (χ3v) is 5.18. The minimum absolute atomic E-state index is 0.173. The van der Waals surface area contributed by atoms with Crippen LogP contribution in [0.4, 0.5) is 0 Å². The van der Waals surface area contributed by atoms with Crippen molar-refractivity contribution in [2.45, 2.75) is 32.3 Å². The largest absolute Gasteiger partial charge is 0.365 e. The van der Waals surface area contributed by atoms with Crippen LogP contribution in [0.5, 0.6) is 0 Å². The summed E-state index contributed by atoms with van der Waals surface area (Å²) in [4.78, 5) is 20.0. The molecule has 1 fully saturated rings. The van der Waals surface area contributed by atoms with Crippen LogP contribution in [-0.4, -0.2) is 45.8 Å². The number of nitrogens with zero attached hydrogens (tertiary/aromatic N) is 4. The predicted octanol–water partition coefficient (Wildman–Crippen LogP) is 2.88. The zero-order valence-corrected chi connectivity index (χ0v) is 15.8. The molecule has 0 aromatic carbocycles. The van der Waals surface area contributed by atoms with Gasteiger partial charge in [-0.1, -0.05) is 23.3 Å². The molecule has 0 unspecified atom stereocenters. The van der Waals surface area contributed by atoms with E-state index in [9.17, 15) is 4.79 Å². The summed E-state index contributed by atoms with van der Waals surface area (Å²) in [5.74, 6) is 1.56. The van der Waals surface area contributed by atoms with Crippen LogP contribution in [0.25, 0.3) is 0 Å². The number of aromatic nitrogens is 3. The maximum Gasteiger partial charge on any atom is 0.276 e. The lowest BCUT2D eigenvalue weighted by Crippen LogP contribution is -2.42. The third kappa shape index (κ3) is 4.09. The van der Waals surface area contributed by atoms with Crippen LogP contribution in [-0.2, 0) is 17.6 Å². The van der Waals surface area contributed by atoms with E-state index in [1.54, 1.807) is 22.3 Å². The number of hydrogen-bond acceptors (Lipinski definition) is 8. The molecule has 0 N–H and O–H groups in total. The van der Waals surface area contributed by atoms with Gasteiger partial charge in [0.1, 0.15) is 5.76 Å². The second-order valence-corrected chi connectivity index (χ2v) is 7.38. The minimum Gasteiger partial charge on any atom is -0.365 e. The van der Waals surface area contributed by atoms with E-state index in [0.717, 1.165) is 23.5 Å². The van der Waals surface area contributed by atoms with Crippen LogP contribution < -0.4 is 0 Å². The summed E-state index contributed by atoms with van der Waals surface area (Å²) in [5.41, 5.74) is 0.322. The van der Waals surface area contributed by atoms with Crippen molar-refractivity contribution in [1.82, 2.24) is 20.2 Å². The van der Waals surface area contributed by atoms with E-state index < -0.39 is 6.10 Å². The van der Waals surface area contributed by atoms with Gasteiger partial charge >= 0.3 is 0 Å². The molecule has 9 heteroatoms. The van der Waals surface area contributed by atoms with Gasteiger partial charge in [-0.15, -0.1) is 11.3 Å². The Morgan fingerprint density at radius 2 is 2.30 bits per heavy atom. The molecule has 0 spiro atoms. The Bertz CT molecular complexity index is 889. The summed E-state index contributed by atoms with van der Waals surface area (Å²) >= 11 is 1.65. The highest BCUT2D eigenvalue weighted by molar-refractivity contribution is 7.09. The van der Waals surface area contributed by atoms with E-state index in [2.05, 4.69) is 15.3 Å². The van der Waals surface area contributed by atoms with Gasteiger partial charge in [-0.05, 0) is 17.9 Å². The quantitative estimate of drug-likeness (QED) is 0.641. The molecule has 1 aliphatic rings. The van der Waals surface area contributed by atoms with E-state index in [1.165, 1.54) is 0 Å². The Morgan fingerprint density at radius 3 is 3.11 bits per heavy atom. The zero-order valence-electron chi connectivity index (χ0n) is 15.0. The average Bonchev–Trinajstić information content (AvgIpc) is 3.44. The molecule has 0 saturated carbocycles. The Hall–Kier alpha value is -2.52. The second-order valence-electron chi connectivity index (χ2n) is 6.34. The highest BCUT2D eigenvalue weighted by Crippen LogP contribution is 2.23. The summed E-state index contributed by atoms with van der Waals surface area (Å²) in [6.45, 7) is 3.28. The Labute approximate surface area is 160 Å². The average molecular weight is 388 g/mol. The molecule has 1 saturated heterocycles. The molecular weight excluding hydrogens is 368 g/mol. The van der Waals surface area contributed by atoms with Crippen molar-refractivity contribution in [3.05, 3.63) is 51.6 Å². The standard InChI is InChI=1S/C18H20N4O4S/c1-2-4-12-9-14(20-25-12)18(23)22-6-7-24-15(11-22)17-19-16(21-26-17)10-13-5-3-8-27-13/h3,5,8-9,15H,2,4,6-7,10-11H2,1H3/t15-/m0/s1. The summed E-state index contributed by atoms with van der Waals surface area (Å²) < 4.78 is 16.3. The third-order valence-electron chi connectivity index (χ3n) is 4.30. The van der Waals surface area contributed by atoms with Crippen molar-refractivity contribution >= 4 is 17.2 Å². The minimum atomic E-state index is -0.436. The van der Waals surface area contributed by atoms with Gasteiger partial charge in [-0.3, -0.25) is 4.79 Å². The van der Waals surface area contributed by atoms with Crippen LogP contribution in [0, 0.1) is 0 Å². The molecule has 4 rings (SSSR count). The first kappa shape index (κ1) is 17.9. The van der Waals surface area contributed by atoms with E-state index in [0.29, 0.717) is 43.5 Å². The van der Waals surface area contributed by atoms with Crippen molar-refractivity contribution in [2.24, 2.45) is 0 Å². The molecule has 142 valence electrons. The van der Waals surface area contributed by atoms with Crippen molar-refractivity contribution in [3.8, 4) is 0 Å². The number of hydrogen-bond donors (Lipinski definition) is 0. The Balaban J connectivity index is 1.41. The van der Waals surface area contributed by atoms with Crippen LogP contribution in [0.2, 0.25) is 0 Å². The van der Waals surface area contributed by atoms with Gasteiger partial charge in [-0.25, -0.2) is 0 Å². The molecule has 3 aromatic heterocycles. The highest BCUT2D eigenvalue weighted by Gasteiger charge is 2.31. The maximum atomic E-state index is 12.7. The van der Waals surface area contributed by atoms with Gasteiger partial charge in [0.15, 0.2) is 17.6 Å². The lowest BCUT2D eigenvalue weighted by atomic mass is 10.2. The van der Waals surface area contributed by atoms with Gasteiger partial charge in [0.05, 0.1) is 13.2 Å². The zero-order chi connectivity index (χ0) is 18.6. The molecule has 27 heavy (non-hydrogen) atoms. The van der Waals surface area contributed by atoms with Gasteiger partial charge < -0.3 is 18.7 Å². The molecule has 8 nitrogen and oxygen atoms in total. The monoisotopic (exact) mass is 388 g/mol. The summed E-state index contributed by atoms with van der Waals surface area (Å²) in [7, 11) is 0. The van der Waals surface area contributed by atoms with Gasteiger partial charge in [0, 0.05) is 30.3 Å². The fourth-order valence-corrected chi connectivity index (χ4v) is 3.66. The number of rotatable bonds is 6. The highest BCUT2D eigenvalue weighted by atomic mass is 32.1. The van der Waals surface area contributed by atoms with E-state index in [-0.39, 0.29) is 5.91 Å². The van der Waals surface area contributed by atoms with Gasteiger partial charge in [-0.2, -0.15) is 4.98 Å². The smallest absolute Gasteiger partial charge is 0.276 e. The first-order valence-corrected chi connectivity index (χ1v) is 9.82. The lowest BCUT2D eigenvalue weighted by Gasteiger charge is -2.30. The number of thiophene rings is 1. The van der Waals surface area contributed by atoms with Crippen LogP contribution in [0.1, 0.15) is 52.3 Å². The van der Waals surface area contributed by atoms with E-state index in [1.807, 2.05) is 24.4 Å². The molecule has 0 aliphatic carbocycles. The summed E-state index contributed by atoms with van der Waals surface area (Å²) in [6, 6.07) is 5.73. The summed E-state index contributed by atoms with van der Waals surface area (Å²) in [6.07, 6.45) is 1.89. The van der Waals surface area contributed by atoms with Crippen LogP contribution in [0.15, 0.2) is 32.6 Å². The summed E-state index contributed by atoms with van der Waals surface area (Å²) in [5, 5.41) is 9.94. The number of carbonyl (C=O) groups is 1. The molecule has 4 heterocycles. The normalized spacial score (nSPS) is 17.4. The van der Waals surface area contributed by atoms with E-state index >= 15 is 0 Å². The number of morpholine rings is 1. The molecule has 0 radical (unpaired) electrons. The number of aryl methyl sites for hydroxylation is 1. The topological polar surface area (TPSA) is 94.5 Å². The molecule has 3 aromatic rings. The van der Waals surface area contributed by atoms with Crippen molar-refractivity contribution in [1.29, 1.82) is 0 Å².